The summed E-state index contributed by atoms with van der Waals surface area (Å²) in [5.41, 5.74) is 12.7. The van der Waals surface area contributed by atoms with Gasteiger partial charge in [0.05, 0.1) is 0 Å². The van der Waals surface area contributed by atoms with E-state index in [-0.39, 0.29) is 5.78 Å². The summed E-state index contributed by atoms with van der Waals surface area (Å²) in [4.78, 5) is 12.5. The standard InChI is InChI=1S/C18H17NO/c1-11-8-16-15(17(19)12(11)2)10-14(18(16)20)9-13-6-4-3-5-7-13/h3-9H,10,19H2,1-2H3/b14-9+. The molecule has 0 amide bonds. The molecule has 2 nitrogen and oxygen atoms in total. The van der Waals surface area contributed by atoms with Crippen LogP contribution in [0.15, 0.2) is 42.0 Å². The lowest BCUT2D eigenvalue weighted by molar-refractivity contribution is 0.104. The molecule has 0 heterocycles. The van der Waals surface area contributed by atoms with Gasteiger partial charge in [-0.25, -0.2) is 0 Å². The van der Waals surface area contributed by atoms with Crippen LogP contribution in [0.25, 0.3) is 6.08 Å². The van der Waals surface area contributed by atoms with Crippen LogP contribution < -0.4 is 5.73 Å². The van der Waals surface area contributed by atoms with Gasteiger partial charge in [0, 0.05) is 23.2 Å². The molecule has 1 aliphatic rings. The summed E-state index contributed by atoms with van der Waals surface area (Å²) in [6.07, 6.45) is 2.60. The van der Waals surface area contributed by atoms with Crippen LogP contribution in [0.2, 0.25) is 0 Å². The molecule has 0 aliphatic heterocycles. The Balaban J connectivity index is 2.08. The second kappa shape index (κ2) is 4.64. The number of fused-ring (bicyclic) bond motifs is 1. The van der Waals surface area contributed by atoms with Crippen LogP contribution in [0.3, 0.4) is 0 Å². The Kier molecular flexibility index (Phi) is 2.94. The van der Waals surface area contributed by atoms with E-state index < -0.39 is 0 Å². The quantitative estimate of drug-likeness (QED) is 0.629. The smallest absolute Gasteiger partial charge is 0.189 e. The minimum absolute atomic E-state index is 0.110. The lowest BCUT2D eigenvalue weighted by atomic mass is 9.99. The van der Waals surface area contributed by atoms with Crippen molar-refractivity contribution < 1.29 is 4.79 Å². The Morgan fingerprint density at radius 1 is 1.15 bits per heavy atom. The summed E-state index contributed by atoms with van der Waals surface area (Å²) in [5.74, 6) is 0.110. The van der Waals surface area contributed by atoms with E-state index in [0.717, 1.165) is 39.1 Å². The molecule has 0 fully saturated rings. The van der Waals surface area contributed by atoms with Gasteiger partial charge in [0.15, 0.2) is 5.78 Å². The summed E-state index contributed by atoms with van der Waals surface area (Å²) in [7, 11) is 0. The highest BCUT2D eigenvalue weighted by Gasteiger charge is 2.27. The van der Waals surface area contributed by atoms with E-state index in [1.54, 1.807) is 0 Å². The van der Waals surface area contributed by atoms with E-state index in [9.17, 15) is 4.79 Å². The Hall–Kier alpha value is -2.35. The molecule has 0 saturated carbocycles. The lowest BCUT2D eigenvalue weighted by Crippen LogP contribution is -2.01. The number of Topliss-reactive ketones (excluding diaryl/α,β-unsaturated/α-hetero) is 1. The van der Waals surface area contributed by atoms with E-state index >= 15 is 0 Å². The largest absolute Gasteiger partial charge is 0.398 e. The molecule has 0 atom stereocenters. The number of allylic oxidation sites excluding steroid dienone is 1. The monoisotopic (exact) mass is 263 g/mol. The fourth-order valence-electron chi connectivity index (χ4n) is 2.70. The van der Waals surface area contributed by atoms with E-state index in [4.69, 9.17) is 5.73 Å². The van der Waals surface area contributed by atoms with Crippen molar-refractivity contribution in [3.05, 3.63) is 69.8 Å². The van der Waals surface area contributed by atoms with Gasteiger partial charge < -0.3 is 5.73 Å². The van der Waals surface area contributed by atoms with Crippen molar-refractivity contribution in [2.75, 3.05) is 5.73 Å². The molecule has 2 N–H and O–H groups in total. The number of anilines is 1. The third-order valence-corrected chi connectivity index (χ3v) is 4.05. The number of hydrogen-bond acceptors (Lipinski definition) is 2. The summed E-state index contributed by atoms with van der Waals surface area (Å²) in [6.45, 7) is 4.01. The third kappa shape index (κ3) is 1.94. The average Bonchev–Trinajstić information content (AvgIpc) is 2.75. The fraction of sp³-hybridized carbons (Fsp3) is 0.167. The zero-order valence-electron chi connectivity index (χ0n) is 11.7. The highest BCUT2D eigenvalue weighted by molar-refractivity contribution is 6.16. The van der Waals surface area contributed by atoms with Gasteiger partial charge in [0.2, 0.25) is 0 Å². The van der Waals surface area contributed by atoms with Crippen molar-refractivity contribution >= 4 is 17.5 Å². The number of nitrogens with two attached hydrogens (primary N) is 1. The first-order chi connectivity index (χ1) is 9.58. The van der Waals surface area contributed by atoms with Gasteiger partial charge in [0.1, 0.15) is 0 Å². The highest BCUT2D eigenvalue weighted by atomic mass is 16.1. The van der Waals surface area contributed by atoms with Gasteiger partial charge in [0.25, 0.3) is 0 Å². The second-order valence-corrected chi connectivity index (χ2v) is 5.34. The minimum atomic E-state index is 0.110. The molecular formula is C18H17NO. The van der Waals surface area contributed by atoms with Crippen LogP contribution in [0.5, 0.6) is 0 Å². The van der Waals surface area contributed by atoms with Crippen molar-refractivity contribution in [3.63, 3.8) is 0 Å². The van der Waals surface area contributed by atoms with Crippen LogP contribution >= 0.6 is 0 Å². The first kappa shape index (κ1) is 12.7. The summed E-state index contributed by atoms with van der Waals surface area (Å²) in [5, 5.41) is 0. The number of aryl methyl sites for hydroxylation is 1. The van der Waals surface area contributed by atoms with E-state index in [0.29, 0.717) is 6.42 Å². The number of hydrogen-bond donors (Lipinski definition) is 1. The van der Waals surface area contributed by atoms with Crippen molar-refractivity contribution in [1.29, 1.82) is 0 Å². The molecular weight excluding hydrogens is 246 g/mol. The Labute approximate surface area is 118 Å². The third-order valence-electron chi connectivity index (χ3n) is 4.05. The normalized spacial score (nSPS) is 15.7. The lowest BCUT2D eigenvalue weighted by Gasteiger charge is -2.09. The molecule has 2 heteroatoms. The van der Waals surface area contributed by atoms with E-state index in [2.05, 4.69) is 0 Å². The minimum Gasteiger partial charge on any atom is -0.398 e. The number of benzene rings is 2. The first-order valence-corrected chi connectivity index (χ1v) is 6.77. The molecule has 100 valence electrons. The maximum absolute atomic E-state index is 12.5. The number of rotatable bonds is 1. The summed E-state index contributed by atoms with van der Waals surface area (Å²) < 4.78 is 0. The number of ketones is 1. The molecule has 2 aromatic carbocycles. The molecule has 2 aromatic rings. The molecule has 0 saturated heterocycles. The fourth-order valence-corrected chi connectivity index (χ4v) is 2.70. The molecule has 0 bridgehead atoms. The average molecular weight is 263 g/mol. The van der Waals surface area contributed by atoms with Gasteiger partial charge >= 0.3 is 0 Å². The van der Waals surface area contributed by atoms with Crippen molar-refractivity contribution in [2.24, 2.45) is 0 Å². The van der Waals surface area contributed by atoms with Crippen LogP contribution in [0, 0.1) is 13.8 Å². The maximum Gasteiger partial charge on any atom is 0.189 e. The van der Waals surface area contributed by atoms with Gasteiger partial charge in [-0.3, -0.25) is 4.79 Å². The Morgan fingerprint density at radius 3 is 2.55 bits per heavy atom. The van der Waals surface area contributed by atoms with Crippen molar-refractivity contribution in [3.8, 4) is 0 Å². The Morgan fingerprint density at radius 2 is 1.85 bits per heavy atom. The van der Waals surface area contributed by atoms with Crippen molar-refractivity contribution in [2.45, 2.75) is 20.3 Å². The number of carbonyl (C=O) groups excluding carboxylic acids is 1. The van der Waals surface area contributed by atoms with Crippen LogP contribution in [0.1, 0.15) is 32.6 Å². The predicted molar refractivity (Wildman–Crippen MR) is 82.8 cm³/mol. The molecule has 0 spiro atoms. The molecule has 3 rings (SSSR count). The van der Waals surface area contributed by atoms with Crippen LogP contribution in [-0.4, -0.2) is 5.78 Å². The van der Waals surface area contributed by atoms with Gasteiger partial charge in [-0.2, -0.15) is 0 Å². The van der Waals surface area contributed by atoms with Gasteiger partial charge in [-0.05, 0) is 48.2 Å². The maximum atomic E-state index is 12.5. The zero-order valence-corrected chi connectivity index (χ0v) is 11.7. The number of nitrogen functional groups attached to an aromatic ring is 1. The van der Waals surface area contributed by atoms with Crippen molar-refractivity contribution in [1.82, 2.24) is 0 Å². The molecule has 1 aliphatic carbocycles. The van der Waals surface area contributed by atoms with Crippen LogP contribution in [0.4, 0.5) is 5.69 Å². The molecule has 0 aromatic heterocycles. The zero-order chi connectivity index (χ0) is 14.3. The molecule has 20 heavy (non-hydrogen) atoms. The summed E-state index contributed by atoms with van der Waals surface area (Å²) >= 11 is 0. The van der Waals surface area contributed by atoms with E-state index in [1.807, 2.05) is 56.3 Å². The topological polar surface area (TPSA) is 43.1 Å². The first-order valence-electron chi connectivity index (χ1n) is 6.77. The number of carbonyl (C=O) groups is 1. The van der Waals surface area contributed by atoms with Gasteiger partial charge in [-0.15, -0.1) is 0 Å². The molecule has 0 unspecified atom stereocenters. The SMILES string of the molecule is Cc1cc2c(c(N)c1C)C/C(=C\c1ccccc1)C2=O. The molecule has 0 radical (unpaired) electrons. The van der Waals surface area contributed by atoms with Crippen LogP contribution in [-0.2, 0) is 6.42 Å². The predicted octanol–water partition coefficient (Wildman–Crippen LogP) is 3.71. The highest BCUT2D eigenvalue weighted by Crippen LogP contribution is 2.35. The Bertz CT molecular complexity index is 727. The second-order valence-electron chi connectivity index (χ2n) is 5.34. The summed E-state index contributed by atoms with van der Waals surface area (Å²) in [6, 6.07) is 11.9. The van der Waals surface area contributed by atoms with E-state index in [1.165, 1.54) is 0 Å². The van der Waals surface area contributed by atoms with Gasteiger partial charge in [-0.1, -0.05) is 30.3 Å².